The van der Waals surface area contributed by atoms with E-state index in [-0.39, 0.29) is 11.9 Å². The van der Waals surface area contributed by atoms with Gasteiger partial charge in [0.1, 0.15) is 11.9 Å². The van der Waals surface area contributed by atoms with Gasteiger partial charge in [0.05, 0.1) is 41.8 Å². The lowest BCUT2D eigenvalue weighted by atomic mass is 9.93. The van der Waals surface area contributed by atoms with E-state index in [4.69, 9.17) is 14.5 Å². The highest BCUT2D eigenvalue weighted by Gasteiger charge is 2.30. The molecule has 0 atom stereocenters. The fraction of sp³-hybridized carbons (Fsp3) is 0.520. The van der Waals surface area contributed by atoms with Gasteiger partial charge in [-0.25, -0.2) is 18.4 Å². The predicted molar refractivity (Wildman–Crippen MR) is 141 cm³/mol. The number of ether oxygens (including phenoxy) is 2. The molecule has 1 aliphatic carbocycles. The van der Waals surface area contributed by atoms with Crippen molar-refractivity contribution in [1.82, 2.24) is 19.9 Å². The minimum Gasteiger partial charge on any atom is -0.474 e. The summed E-state index contributed by atoms with van der Waals surface area (Å²) in [6.45, 7) is 3.27. The first kappa shape index (κ1) is 24.1. The maximum Gasteiger partial charge on any atom is 0.235 e. The Labute approximate surface area is 216 Å². The zero-order valence-corrected chi connectivity index (χ0v) is 21.4. The monoisotopic (exact) mass is 525 g/mol. The number of pyridine rings is 2. The van der Waals surface area contributed by atoms with Crippen molar-refractivity contribution < 1.29 is 17.9 Å². The minimum atomic E-state index is -3.31. The summed E-state index contributed by atoms with van der Waals surface area (Å²) in [7, 11) is -3.31. The SMILES string of the molecule is O=S1(=O)CCCN1c1cnc2cc(N3CCOCC3)nc(OC3CCC(Nc4ncccn4)CC3)c2c1. The fourth-order valence-corrected chi connectivity index (χ4v) is 6.76. The highest BCUT2D eigenvalue weighted by atomic mass is 32.2. The molecule has 37 heavy (non-hydrogen) atoms. The van der Waals surface area contributed by atoms with Crippen molar-refractivity contribution in [2.45, 2.75) is 44.2 Å². The van der Waals surface area contributed by atoms with Crippen LogP contribution in [0.2, 0.25) is 0 Å². The van der Waals surface area contributed by atoms with E-state index < -0.39 is 10.0 Å². The average Bonchev–Trinajstić information content (AvgIpc) is 3.29. The van der Waals surface area contributed by atoms with Crippen LogP contribution in [0.5, 0.6) is 5.88 Å². The molecule has 0 radical (unpaired) electrons. The van der Waals surface area contributed by atoms with E-state index in [2.05, 4.69) is 25.2 Å². The third-order valence-corrected chi connectivity index (χ3v) is 9.06. The standard InChI is InChI=1S/C25H31N7O4S/c33-37(34)14-2-9-32(37)19-15-21-22(28-17-19)16-23(31-10-12-35-13-11-31)30-24(21)36-20-5-3-18(4-6-20)29-25-26-7-1-8-27-25/h1,7-8,15-18,20H,2-6,9-14H2,(H,26,27,29). The number of fused-ring (bicyclic) bond motifs is 1. The van der Waals surface area contributed by atoms with Crippen LogP contribution in [0.25, 0.3) is 10.9 Å². The molecule has 3 fully saturated rings. The Kier molecular flexibility index (Phi) is 6.68. The van der Waals surface area contributed by atoms with Crippen molar-refractivity contribution in [3.05, 3.63) is 36.8 Å². The van der Waals surface area contributed by atoms with Crippen molar-refractivity contribution in [2.75, 3.05) is 53.1 Å². The van der Waals surface area contributed by atoms with E-state index in [1.807, 2.05) is 12.1 Å². The van der Waals surface area contributed by atoms with Crippen LogP contribution in [0.3, 0.4) is 0 Å². The molecule has 2 aliphatic heterocycles. The number of anilines is 3. The number of aromatic nitrogens is 4. The Morgan fingerprint density at radius 2 is 1.78 bits per heavy atom. The van der Waals surface area contributed by atoms with Gasteiger partial charge in [0.2, 0.25) is 21.9 Å². The molecule has 0 bridgehead atoms. The molecule has 5 heterocycles. The van der Waals surface area contributed by atoms with Crippen LogP contribution in [-0.2, 0) is 14.8 Å². The Hall–Kier alpha value is -3.25. The third-order valence-electron chi connectivity index (χ3n) is 7.19. The van der Waals surface area contributed by atoms with E-state index in [0.29, 0.717) is 49.7 Å². The summed E-state index contributed by atoms with van der Waals surface area (Å²) in [4.78, 5) is 20.3. The van der Waals surface area contributed by atoms with Gasteiger partial charge in [0.25, 0.3) is 0 Å². The summed E-state index contributed by atoms with van der Waals surface area (Å²) in [5.41, 5.74) is 1.30. The number of nitrogens with one attached hydrogen (secondary N) is 1. The van der Waals surface area contributed by atoms with Crippen LogP contribution in [0, 0.1) is 0 Å². The number of sulfonamides is 1. The molecule has 196 valence electrons. The largest absolute Gasteiger partial charge is 0.474 e. The first-order chi connectivity index (χ1) is 18.0. The lowest BCUT2D eigenvalue weighted by Gasteiger charge is -2.31. The second-order valence-corrected chi connectivity index (χ2v) is 11.7. The molecule has 0 unspecified atom stereocenters. The van der Waals surface area contributed by atoms with Gasteiger partial charge in [-0.15, -0.1) is 0 Å². The van der Waals surface area contributed by atoms with Crippen molar-refractivity contribution in [3.63, 3.8) is 0 Å². The summed E-state index contributed by atoms with van der Waals surface area (Å²) < 4.78 is 38.6. The van der Waals surface area contributed by atoms with E-state index in [0.717, 1.165) is 55.5 Å². The first-order valence-corrected chi connectivity index (χ1v) is 14.5. The molecule has 0 amide bonds. The molecule has 1 N–H and O–H groups in total. The number of hydrogen-bond donors (Lipinski definition) is 1. The molecule has 3 aromatic heterocycles. The second-order valence-electron chi connectivity index (χ2n) is 9.70. The molecule has 0 spiro atoms. The van der Waals surface area contributed by atoms with E-state index in [9.17, 15) is 8.42 Å². The fourth-order valence-electron chi connectivity index (χ4n) is 5.22. The average molecular weight is 526 g/mol. The Morgan fingerprint density at radius 3 is 2.51 bits per heavy atom. The second kappa shape index (κ2) is 10.3. The van der Waals surface area contributed by atoms with Crippen LogP contribution >= 0.6 is 0 Å². The van der Waals surface area contributed by atoms with Gasteiger partial charge in [0, 0.05) is 44.1 Å². The van der Waals surface area contributed by atoms with Crippen LogP contribution in [0.1, 0.15) is 32.1 Å². The maximum atomic E-state index is 12.5. The van der Waals surface area contributed by atoms with Gasteiger partial charge in [0.15, 0.2) is 0 Å². The van der Waals surface area contributed by atoms with E-state index in [1.54, 1.807) is 24.7 Å². The first-order valence-electron chi connectivity index (χ1n) is 12.9. The van der Waals surface area contributed by atoms with Gasteiger partial charge in [-0.1, -0.05) is 0 Å². The molecule has 11 nitrogen and oxygen atoms in total. The van der Waals surface area contributed by atoms with E-state index in [1.165, 1.54) is 4.31 Å². The lowest BCUT2D eigenvalue weighted by Crippen LogP contribution is -2.37. The van der Waals surface area contributed by atoms with Crippen LogP contribution < -0.4 is 19.3 Å². The van der Waals surface area contributed by atoms with Crippen molar-refractivity contribution in [3.8, 4) is 5.88 Å². The maximum absolute atomic E-state index is 12.5. The van der Waals surface area contributed by atoms with Gasteiger partial charge < -0.3 is 19.7 Å². The molecule has 3 aromatic rings. The number of morpholine rings is 1. The van der Waals surface area contributed by atoms with Crippen molar-refractivity contribution in [1.29, 1.82) is 0 Å². The Bertz CT molecular complexity index is 1340. The normalized spacial score (nSPS) is 23.8. The smallest absolute Gasteiger partial charge is 0.235 e. The molecule has 6 rings (SSSR count). The summed E-state index contributed by atoms with van der Waals surface area (Å²) in [5, 5.41) is 4.14. The quantitative estimate of drug-likeness (QED) is 0.514. The zero-order valence-electron chi connectivity index (χ0n) is 20.6. The Morgan fingerprint density at radius 1 is 1.00 bits per heavy atom. The van der Waals surface area contributed by atoms with Gasteiger partial charge >= 0.3 is 0 Å². The molecule has 2 saturated heterocycles. The van der Waals surface area contributed by atoms with Crippen LogP contribution in [0.15, 0.2) is 36.8 Å². The molecular weight excluding hydrogens is 494 g/mol. The van der Waals surface area contributed by atoms with Crippen molar-refractivity contribution in [2.24, 2.45) is 0 Å². The molecule has 0 aromatic carbocycles. The summed E-state index contributed by atoms with van der Waals surface area (Å²) in [6, 6.07) is 5.91. The highest BCUT2D eigenvalue weighted by molar-refractivity contribution is 7.93. The molecule has 3 aliphatic rings. The van der Waals surface area contributed by atoms with Gasteiger partial charge in [-0.3, -0.25) is 9.29 Å². The predicted octanol–water partition coefficient (Wildman–Crippen LogP) is 2.60. The van der Waals surface area contributed by atoms with Gasteiger partial charge in [-0.05, 0) is 44.2 Å². The molecular formula is C25H31N7O4S. The van der Waals surface area contributed by atoms with Crippen LogP contribution in [0.4, 0.5) is 17.5 Å². The van der Waals surface area contributed by atoms with Crippen molar-refractivity contribution >= 4 is 38.4 Å². The molecule has 12 heteroatoms. The summed E-state index contributed by atoms with van der Waals surface area (Å²) in [5.74, 6) is 2.12. The topological polar surface area (TPSA) is 123 Å². The van der Waals surface area contributed by atoms with Crippen LogP contribution in [-0.4, -0.2) is 79.1 Å². The lowest BCUT2D eigenvalue weighted by molar-refractivity contribution is 0.122. The number of rotatable bonds is 6. The molecule has 1 saturated carbocycles. The summed E-state index contributed by atoms with van der Waals surface area (Å²) >= 11 is 0. The third kappa shape index (κ3) is 5.26. The van der Waals surface area contributed by atoms with Gasteiger partial charge in [-0.2, -0.15) is 4.98 Å². The summed E-state index contributed by atoms with van der Waals surface area (Å²) in [6.07, 6.45) is 9.31. The Balaban J connectivity index is 1.26. The number of nitrogens with zero attached hydrogens (tertiary/aromatic N) is 6. The zero-order chi connectivity index (χ0) is 25.2. The van der Waals surface area contributed by atoms with E-state index >= 15 is 0 Å². The highest BCUT2D eigenvalue weighted by Crippen LogP contribution is 2.34. The number of hydrogen-bond acceptors (Lipinski definition) is 10. The minimum absolute atomic E-state index is 0.00422.